The molecule has 1 unspecified atom stereocenters. The van der Waals surface area contributed by atoms with Gasteiger partial charge in [-0.3, -0.25) is 4.57 Å². The molecule has 0 N–H and O–H groups in total. The van der Waals surface area contributed by atoms with Gasteiger partial charge in [0.25, 0.3) is 0 Å². The van der Waals surface area contributed by atoms with Gasteiger partial charge in [0.05, 0.1) is 7.11 Å². The Bertz CT molecular complexity index is 244. The number of carbonyl (C=O) groups excluding carboxylic acids is 1. The fraction of sp³-hybridized carbons (Fsp3) is 0.571. The van der Waals surface area contributed by atoms with Crippen LogP contribution in [-0.2, 0) is 18.6 Å². The molecule has 0 amide bonds. The van der Waals surface area contributed by atoms with Gasteiger partial charge in [-0.2, -0.15) is 0 Å². The first-order valence-corrected chi connectivity index (χ1v) is 5.48. The third kappa shape index (κ3) is 3.69. The summed E-state index contributed by atoms with van der Waals surface area (Å²) in [6, 6.07) is 0. The van der Waals surface area contributed by atoms with E-state index in [1.165, 1.54) is 33.6 Å². The van der Waals surface area contributed by atoms with Gasteiger partial charge in [-0.25, -0.2) is 4.79 Å². The summed E-state index contributed by atoms with van der Waals surface area (Å²) in [5.74, 6) is 0.799. The van der Waals surface area contributed by atoms with E-state index in [1.807, 2.05) is 0 Å². The summed E-state index contributed by atoms with van der Waals surface area (Å²) in [5, 5.41) is 0. The number of rotatable bonds is 3. The van der Waals surface area contributed by atoms with Crippen molar-refractivity contribution in [1.82, 2.24) is 0 Å². The molecule has 0 aliphatic heterocycles. The second kappa shape index (κ2) is 4.43. The Morgan fingerprint density at radius 3 is 2.25 bits per heavy atom. The zero-order valence-electron chi connectivity index (χ0n) is 7.66. The van der Waals surface area contributed by atoms with E-state index < -0.39 is 13.3 Å². The largest absolute Gasteiger partial charge is 0.466 e. The molecule has 0 aromatic heterocycles. The normalized spacial score (nSPS) is 16.8. The van der Waals surface area contributed by atoms with Gasteiger partial charge in [0.2, 0.25) is 7.37 Å². The van der Waals surface area contributed by atoms with Crippen LogP contribution >= 0.6 is 7.37 Å². The highest BCUT2D eigenvalue weighted by molar-refractivity contribution is 7.61. The molecule has 0 saturated carbocycles. The summed E-state index contributed by atoms with van der Waals surface area (Å²) >= 11 is 0. The Hall–Kier alpha value is -0.600. The first kappa shape index (κ1) is 11.4. The molecule has 0 rings (SSSR count). The molecule has 0 aliphatic rings. The Kier molecular flexibility index (Phi) is 4.21. The zero-order valence-corrected chi connectivity index (χ0v) is 8.55. The third-order valence-corrected chi connectivity index (χ3v) is 2.88. The van der Waals surface area contributed by atoms with Crippen LogP contribution < -0.4 is 0 Å². The SMILES string of the molecule is COC(=O)/C(C)=C/P(C)(=O)OC. The molecule has 0 fully saturated rings. The van der Waals surface area contributed by atoms with Crippen molar-refractivity contribution < 1.29 is 18.6 Å². The zero-order chi connectivity index (χ0) is 9.78. The van der Waals surface area contributed by atoms with Gasteiger partial charge in [0.15, 0.2) is 0 Å². The minimum atomic E-state index is -2.76. The van der Waals surface area contributed by atoms with Crippen molar-refractivity contribution in [3.8, 4) is 0 Å². The van der Waals surface area contributed by atoms with E-state index in [0.717, 1.165) is 0 Å². The van der Waals surface area contributed by atoms with Gasteiger partial charge in [0.1, 0.15) is 0 Å². The van der Waals surface area contributed by atoms with E-state index in [0.29, 0.717) is 5.57 Å². The molecule has 12 heavy (non-hydrogen) atoms. The van der Waals surface area contributed by atoms with Gasteiger partial charge < -0.3 is 9.26 Å². The fourth-order valence-electron chi connectivity index (χ4n) is 0.618. The van der Waals surface area contributed by atoms with Crippen LogP contribution in [0.3, 0.4) is 0 Å². The van der Waals surface area contributed by atoms with Gasteiger partial charge in [-0.15, -0.1) is 0 Å². The first-order chi connectivity index (χ1) is 5.43. The van der Waals surface area contributed by atoms with Gasteiger partial charge in [0, 0.05) is 25.2 Å². The van der Waals surface area contributed by atoms with Crippen molar-refractivity contribution in [2.45, 2.75) is 6.92 Å². The highest BCUT2D eigenvalue weighted by atomic mass is 31.2. The molecule has 0 radical (unpaired) electrons. The molecule has 0 spiro atoms. The molecule has 0 aromatic rings. The van der Waals surface area contributed by atoms with Crippen LogP contribution in [0.25, 0.3) is 0 Å². The van der Waals surface area contributed by atoms with Crippen molar-refractivity contribution in [1.29, 1.82) is 0 Å². The molecule has 4 nitrogen and oxygen atoms in total. The molecule has 5 heteroatoms. The highest BCUT2D eigenvalue weighted by Gasteiger charge is 2.13. The number of hydrogen-bond donors (Lipinski definition) is 0. The Balaban J connectivity index is 4.57. The fourth-order valence-corrected chi connectivity index (χ4v) is 1.53. The summed E-state index contributed by atoms with van der Waals surface area (Å²) in [7, 11) is -0.153. The van der Waals surface area contributed by atoms with Crippen LogP contribution in [0.1, 0.15) is 6.92 Å². The number of methoxy groups -OCH3 is 1. The lowest BCUT2D eigenvalue weighted by Gasteiger charge is -2.05. The molecule has 0 aromatic carbocycles. The van der Waals surface area contributed by atoms with Gasteiger partial charge in [-0.1, -0.05) is 0 Å². The standard InChI is InChI=1S/C7H13O4P/c1-6(7(8)10-2)5-12(4,9)11-3/h5H,1-4H3/b6-5+. The van der Waals surface area contributed by atoms with E-state index in [-0.39, 0.29) is 0 Å². The van der Waals surface area contributed by atoms with Crippen molar-refractivity contribution in [2.75, 3.05) is 20.9 Å². The Morgan fingerprint density at radius 1 is 1.42 bits per heavy atom. The monoisotopic (exact) mass is 192 g/mol. The van der Waals surface area contributed by atoms with Crippen LogP contribution in [0.4, 0.5) is 0 Å². The van der Waals surface area contributed by atoms with E-state index >= 15 is 0 Å². The molecule has 0 bridgehead atoms. The third-order valence-electron chi connectivity index (χ3n) is 1.30. The van der Waals surface area contributed by atoms with Crippen molar-refractivity contribution in [3.63, 3.8) is 0 Å². The van der Waals surface area contributed by atoms with Crippen LogP contribution in [0, 0.1) is 0 Å². The maximum absolute atomic E-state index is 11.3. The molecular formula is C7H13O4P. The summed E-state index contributed by atoms with van der Waals surface area (Å²) in [5.41, 5.74) is 0.296. The van der Waals surface area contributed by atoms with Crippen molar-refractivity contribution in [3.05, 3.63) is 11.4 Å². The second-order valence-corrected chi connectivity index (χ2v) is 4.84. The molecule has 0 saturated heterocycles. The van der Waals surface area contributed by atoms with E-state index in [1.54, 1.807) is 0 Å². The lowest BCUT2D eigenvalue weighted by molar-refractivity contribution is -0.136. The summed E-state index contributed by atoms with van der Waals surface area (Å²) < 4.78 is 20.4. The summed E-state index contributed by atoms with van der Waals surface area (Å²) in [6.07, 6.45) is 0. The predicted octanol–water partition coefficient (Wildman–Crippen LogP) is 1.62. The average molecular weight is 192 g/mol. The van der Waals surface area contributed by atoms with Crippen LogP contribution in [-0.4, -0.2) is 26.9 Å². The van der Waals surface area contributed by atoms with E-state index in [9.17, 15) is 9.36 Å². The summed E-state index contributed by atoms with van der Waals surface area (Å²) in [6.45, 7) is 2.96. The molecule has 0 aliphatic carbocycles. The first-order valence-electron chi connectivity index (χ1n) is 3.33. The smallest absolute Gasteiger partial charge is 0.333 e. The topological polar surface area (TPSA) is 52.6 Å². The van der Waals surface area contributed by atoms with Crippen molar-refractivity contribution in [2.24, 2.45) is 0 Å². The quantitative estimate of drug-likeness (QED) is 0.387. The van der Waals surface area contributed by atoms with E-state index in [4.69, 9.17) is 0 Å². The predicted molar refractivity (Wildman–Crippen MR) is 46.3 cm³/mol. The lowest BCUT2D eigenvalue weighted by Crippen LogP contribution is -2.01. The average Bonchev–Trinajstić information content (AvgIpc) is 2.02. The van der Waals surface area contributed by atoms with Crippen molar-refractivity contribution >= 4 is 13.3 Å². The van der Waals surface area contributed by atoms with Crippen LogP contribution in [0.2, 0.25) is 0 Å². The molecule has 70 valence electrons. The number of esters is 1. The Labute approximate surface area is 72.0 Å². The minimum Gasteiger partial charge on any atom is -0.466 e. The minimum absolute atomic E-state index is 0.296. The lowest BCUT2D eigenvalue weighted by atomic mass is 10.4. The van der Waals surface area contributed by atoms with E-state index in [2.05, 4.69) is 9.26 Å². The highest BCUT2D eigenvalue weighted by Crippen LogP contribution is 2.44. The van der Waals surface area contributed by atoms with Gasteiger partial charge >= 0.3 is 5.97 Å². The number of ether oxygens (including phenoxy) is 1. The molecule has 0 heterocycles. The second-order valence-electron chi connectivity index (χ2n) is 2.39. The molecular weight excluding hydrogens is 179 g/mol. The Morgan fingerprint density at radius 2 is 1.92 bits per heavy atom. The number of carbonyl (C=O) groups is 1. The maximum atomic E-state index is 11.3. The summed E-state index contributed by atoms with van der Waals surface area (Å²) in [4.78, 5) is 10.8. The van der Waals surface area contributed by atoms with Gasteiger partial charge in [-0.05, 0) is 6.92 Å². The maximum Gasteiger partial charge on any atom is 0.333 e. The number of hydrogen-bond acceptors (Lipinski definition) is 4. The van der Waals surface area contributed by atoms with Crippen LogP contribution in [0.15, 0.2) is 11.4 Å². The van der Waals surface area contributed by atoms with Crippen LogP contribution in [0.5, 0.6) is 0 Å². The molecule has 1 atom stereocenters.